The molecule has 3 heterocycles. The van der Waals surface area contributed by atoms with Crippen LogP contribution in [0.4, 0.5) is 4.79 Å². The summed E-state index contributed by atoms with van der Waals surface area (Å²) in [7, 11) is 1.28. The lowest BCUT2D eigenvalue weighted by Gasteiger charge is -2.50. The first kappa shape index (κ1) is 47.3. The largest absolute Gasteiger partial charge is 0.444 e. The smallest absolute Gasteiger partial charge is 0.408 e. The topological polar surface area (TPSA) is 364 Å². The van der Waals surface area contributed by atoms with Crippen LogP contribution in [-0.2, 0) is 42.7 Å². The Bertz CT molecular complexity index is 1310. The quantitative estimate of drug-likeness (QED) is 0.0392. The third-order valence-electron chi connectivity index (χ3n) is 9.39. The zero-order valence-corrected chi connectivity index (χ0v) is 32.4. The Morgan fingerprint density at radius 1 is 0.821 bits per heavy atom. The van der Waals surface area contributed by atoms with Crippen LogP contribution < -0.4 is 33.2 Å². The number of methoxy groups -OCH3 is 1. The van der Waals surface area contributed by atoms with E-state index in [2.05, 4.69) is 20.9 Å². The second-order valence-electron chi connectivity index (χ2n) is 14.9. The molecule has 0 spiro atoms. The Kier molecular flexibility index (Phi) is 17.8. The molecule has 3 saturated heterocycles. The minimum Gasteiger partial charge on any atom is -0.444 e. The van der Waals surface area contributed by atoms with Crippen LogP contribution in [0.15, 0.2) is 4.99 Å². The number of ether oxygens (including phenoxy) is 7. The van der Waals surface area contributed by atoms with Crippen LogP contribution in [-0.4, -0.2) is 191 Å². The monoisotopic (exact) mass is 811 g/mol. The maximum absolute atomic E-state index is 14.1. The van der Waals surface area contributed by atoms with E-state index >= 15 is 0 Å². The number of aliphatic hydroxyl groups is 6. The number of nitrogens with one attached hydrogen (secondary N) is 3. The summed E-state index contributed by atoms with van der Waals surface area (Å²) < 4.78 is 40.4. The van der Waals surface area contributed by atoms with Gasteiger partial charge in [-0.3, -0.25) is 14.6 Å². The fourth-order valence-electron chi connectivity index (χ4n) is 6.70. The van der Waals surface area contributed by atoms with Gasteiger partial charge in [0.15, 0.2) is 18.5 Å². The number of alkyl carbamates (subject to hydrolysis) is 1. The summed E-state index contributed by atoms with van der Waals surface area (Å²) in [5.41, 5.74) is 16.1. The molecule has 0 saturated carbocycles. The predicted octanol–water partition coefficient (Wildman–Crippen LogP) is -5.67. The second kappa shape index (κ2) is 21.1. The number of rotatable bonds is 16. The molecule has 0 aromatic rings. The van der Waals surface area contributed by atoms with Gasteiger partial charge in [-0.2, -0.15) is 0 Å². The highest BCUT2D eigenvalue weighted by Gasteiger charge is 2.54. The van der Waals surface area contributed by atoms with Crippen molar-refractivity contribution in [3.05, 3.63) is 0 Å². The molecule has 0 radical (unpaired) electrons. The molecule has 23 heteroatoms. The van der Waals surface area contributed by atoms with Crippen molar-refractivity contribution in [3.63, 3.8) is 0 Å². The Hall–Kier alpha value is -3.04. The molecule has 3 fully saturated rings. The van der Waals surface area contributed by atoms with Crippen LogP contribution in [0.2, 0.25) is 0 Å². The molecule has 16 unspecified atom stereocenters. The highest BCUT2D eigenvalue weighted by Crippen LogP contribution is 2.33. The summed E-state index contributed by atoms with van der Waals surface area (Å²) in [6.07, 6.45) is -17.6. The number of hydrogen-bond donors (Lipinski definition) is 12. The van der Waals surface area contributed by atoms with Crippen molar-refractivity contribution in [2.45, 2.75) is 151 Å². The molecule has 3 aliphatic rings. The number of hydrogen-bond acceptors (Lipinski definition) is 18. The summed E-state index contributed by atoms with van der Waals surface area (Å²) >= 11 is 0. The summed E-state index contributed by atoms with van der Waals surface area (Å²) in [5, 5.41) is 72.5. The van der Waals surface area contributed by atoms with E-state index in [-0.39, 0.29) is 25.3 Å². The molecule has 56 heavy (non-hydrogen) atoms. The van der Waals surface area contributed by atoms with Gasteiger partial charge in [-0.25, -0.2) is 4.79 Å². The number of aliphatic hydroxyl groups excluding tert-OH is 6. The maximum Gasteiger partial charge on any atom is 0.408 e. The lowest BCUT2D eigenvalue weighted by Crippen LogP contribution is -2.71. The lowest BCUT2D eigenvalue weighted by atomic mass is 9.92. The van der Waals surface area contributed by atoms with Gasteiger partial charge in [-0.05, 0) is 40.5 Å². The van der Waals surface area contributed by atoms with E-state index in [0.717, 1.165) is 0 Å². The van der Waals surface area contributed by atoms with E-state index in [9.17, 15) is 45.0 Å². The van der Waals surface area contributed by atoms with Crippen LogP contribution >= 0.6 is 0 Å². The molecule has 0 aliphatic carbocycles. The van der Waals surface area contributed by atoms with Gasteiger partial charge in [0.2, 0.25) is 11.8 Å². The second-order valence-corrected chi connectivity index (χ2v) is 14.9. The van der Waals surface area contributed by atoms with E-state index < -0.39 is 141 Å². The van der Waals surface area contributed by atoms with Gasteiger partial charge in [0, 0.05) is 20.6 Å². The number of nitrogens with two attached hydrogens (primary N) is 3. The third-order valence-corrected chi connectivity index (χ3v) is 9.39. The molecule has 324 valence electrons. The molecule has 0 aromatic heterocycles. The van der Waals surface area contributed by atoms with Crippen molar-refractivity contribution in [1.82, 2.24) is 16.0 Å². The molecular weight excluding hydrogens is 750 g/mol. The molecule has 0 aromatic carbocycles. The van der Waals surface area contributed by atoms with Crippen molar-refractivity contribution >= 4 is 23.9 Å². The molecule has 23 nitrogen and oxygen atoms in total. The van der Waals surface area contributed by atoms with Gasteiger partial charge in [-0.15, -0.1) is 0 Å². The van der Waals surface area contributed by atoms with Crippen molar-refractivity contribution in [2.24, 2.45) is 22.2 Å². The maximum atomic E-state index is 14.1. The highest BCUT2D eigenvalue weighted by atomic mass is 16.7. The van der Waals surface area contributed by atoms with Gasteiger partial charge in [-0.1, -0.05) is 0 Å². The first-order valence-corrected chi connectivity index (χ1v) is 18.3. The summed E-state index contributed by atoms with van der Waals surface area (Å²) in [6, 6.07) is -5.32. The standard InChI is InChI=1S/C33H61N7O16/c1-13-20(38-14(2)44)23(46)26(17(11-42)51-13)55-30-21(40-28(48)15(8-7-9-37-31(35)36)39-32(49)56-33(3,4)5)24(47)27(18(12-43)53-30)54-29-19(34)22(45)25(50-6)16(10-41)52-29/h13,15-27,29-30,41-43,45-47H,7-12,34H2,1-6H3,(H,38,44)(H,39,49)(H,40,48)(H4,35,36,37). The Morgan fingerprint density at radius 2 is 1.36 bits per heavy atom. The Balaban J connectivity index is 2.01. The predicted molar refractivity (Wildman–Crippen MR) is 192 cm³/mol. The minimum atomic E-state index is -1.86. The molecule has 3 amide bonds. The molecule has 16 atom stereocenters. The SMILES string of the molecule is COC1C(CO)OC(OC2C(CO)OC(OC3C(CO)OC(C)C(NC(C)=O)C3O)C(NC(=O)C(CCCN=C(N)N)NC(=O)OC(C)(C)C)C2O)C(N)C1O. The number of carbonyl (C=O) groups excluding carboxylic acids is 3. The first-order chi connectivity index (χ1) is 26.3. The van der Waals surface area contributed by atoms with Gasteiger partial charge in [0.05, 0.1) is 38.0 Å². The van der Waals surface area contributed by atoms with Gasteiger partial charge < -0.3 is 96.9 Å². The van der Waals surface area contributed by atoms with Crippen LogP contribution in [0, 0.1) is 0 Å². The molecule has 15 N–H and O–H groups in total. The highest BCUT2D eigenvalue weighted by molar-refractivity contribution is 5.86. The van der Waals surface area contributed by atoms with Crippen molar-refractivity contribution in [1.29, 1.82) is 0 Å². The van der Waals surface area contributed by atoms with Gasteiger partial charge in [0.1, 0.15) is 72.6 Å². The molecule has 0 bridgehead atoms. The number of aliphatic imine (C=N–C) groups is 1. The van der Waals surface area contributed by atoms with E-state index in [1.165, 1.54) is 14.0 Å². The normalized spacial score (nSPS) is 36.8. The number of guanidine groups is 1. The Labute approximate surface area is 324 Å². The molecule has 3 rings (SSSR count). The van der Waals surface area contributed by atoms with E-state index in [4.69, 9.17) is 50.4 Å². The fraction of sp³-hybridized carbons (Fsp3) is 0.879. The van der Waals surface area contributed by atoms with Crippen LogP contribution in [0.1, 0.15) is 47.5 Å². The zero-order chi connectivity index (χ0) is 42.1. The Morgan fingerprint density at radius 3 is 1.89 bits per heavy atom. The molecule has 3 aliphatic heterocycles. The van der Waals surface area contributed by atoms with E-state index in [1.807, 2.05) is 0 Å². The summed E-state index contributed by atoms with van der Waals surface area (Å²) in [6.45, 7) is 5.61. The van der Waals surface area contributed by atoms with Crippen molar-refractivity contribution in [2.75, 3.05) is 33.5 Å². The average molecular weight is 812 g/mol. The molecular formula is C33H61N7O16. The van der Waals surface area contributed by atoms with Crippen molar-refractivity contribution < 1.29 is 78.2 Å². The third kappa shape index (κ3) is 12.5. The summed E-state index contributed by atoms with van der Waals surface area (Å²) in [4.78, 5) is 42.8. The van der Waals surface area contributed by atoms with Crippen LogP contribution in [0.3, 0.4) is 0 Å². The fourth-order valence-corrected chi connectivity index (χ4v) is 6.70. The van der Waals surface area contributed by atoms with E-state index in [0.29, 0.717) is 0 Å². The summed E-state index contributed by atoms with van der Waals surface area (Å²) in [5.74, 6) is -1.59. The van der Waals surface area contributed by atoms with Crippen molar-refractivity contribution in [3.8, 4) is 0 Å². The van der Waals surface area contributed by atoms with Crippen LogP contribution in [0.25, 0.3) is 0 Å². The minimum absolute atomic E-state index is 0.0415. The lowest BCUT2D eigenvalue weighted by molar-refractivity contribution is -0.346. The average Bonchev–Trinajstić information content (AvgIpc) is 3.11. The van der Waals surface area contributed by atoms with Gasteiger partial charge in [0.25, 0.3) is 0 Å². The number of amides is 3. The number of nitrogens with zero attached hydrogens (tertiary/aromatic N) is 1. The zero-order valence-electron chi connectivity index (χ0n) is 32.4. The first-order valence-electron chi connectivity index (χ1n) is 18.3. The van der Waals surface area contributed by atoms with Crippen LogP contribution in [0.5, 0.6) is 0 Å². The van der Waals surface area contributed by atoms with Gasteiger partial charge >= 0.3 is 6.09 Å². The number of carbonyl (C=O) groups is 3. The van der Waals surface area contributed by atoms with E-state index in [1.54, 1.807) is 27.7 Å².